The molecule has 2 N–H and O–H groups in total. The summed E-state index contributed by atoms with van der Waals surface area (Å²) in [4.78, 5) is 26.0. The molecule has 4 rings (SSSR count). The molecule has 0 unspecified atom stereocenters. The highest BCUT2D eigenvalue weighted by Gasteiger charge is 2.24. The van der Waals surface area contributed by atoms with Crippen LogP contribution in [0, 0.1) is 0 Å². The molecule has 1 aromatic carbocycles. The van der Waals surface area contributed by atoms with Gasteiger partial charge in [-0.25, -0.2) is 4.98 Å². The van der Waals surface area contributed by atoms with Crippen molar-refractivity contribution >= 4 is 17.5 Å². The van der Waals surface area contributed by atoms with E-state index in [4.69, 9.17) is 4.74 Å². The number of benzene rings is 1. The van der Waals surface area contributed by atoms with Gasteiger partial charge in [-0.2, -0.15) is 13.8 Å². The van der Waals surface area contributed by atoms with E-state index >= 15 is 0 Å². The molecule has 0 bridgehead atoms. The molecule has 168 valence electrons. The molecule has 0 saturated carbocycles. The second-order valence-electron chi connectivity index (χ2n) is 7.56. The number of hydrogen-bond acceptors (Lipinski definition) is 7. The molecule has 0 aliphatic carbocycles. The van der Waals surface area contributed by atoms with Crippen molar-refractivity contribution in [3.05, 3.63) is 59.1 Å². The van der Waals surface area contributed by atoms with Crippen LogP contribution in [0.3, 0.4) is 0 Å². The number of alkyl halides is 2. The molecule has 0 amide bonds. The fourth-order valence-corrected chi connectivity index (χ4v) is 3.62. The first kappa shape index (κ1) is 21.7. The van der Waals surface area contributed by atoms with Crippen molar-refractivity contribution < 1.29 is 18.3 Å². The third-order valence-electron chi connectivity index (χ3n) is 4.92. The van der Waals surface area contributed by atoms with E-state index in [-0.39, 0.29) is 23.5 Å². The fraction of sp³-hybridized carbons (Fsp3) is 0.318. The molecule has 0 radical (unpaired) electrons. The van der Waals surface area contributed by atoms with Crippen molar-refractivity contribution in [2.45, 2.75) is 32.7 Å². The van der Waals surface area contributed by atoms with Crippen molar-refractivity contribution in [3.8, 4) is 16.9 Å². The van der Waals surface area contributed by atoms with Crippen molar-refractivity contribution in [1.29, 1.82) is 0 Å². The summed E-state index contributed by atoms with van der Waals surface area (Å²) in [7, 11) is 0. The minimum atomic E-state index is -2.88. The largest absolute Gasteiger partial charge is 0.435 e. The highest BCUT2D eigenvalue weighted by Crippen LogP contribution is 2.25. The number of nitrogens with one attached hydrogen (secondary N) is 2. The zero-order valence-electron chi connectivity index (χ0n) is 17.6. The summed E-state index contributed by atoms with van der Waals surface area (Å²) in [5.74, 6) is 1.09. The van der Waals surface area contributed by atoms with Gasteiger partial charge in [0.1, 0.15) is 17.3 Å². The molecule has 2 aromatic heterocycles. The Balaban J connectivity index is 1.54. The van der Waals surface area contributed by atoms with Gasteiger partial charge in [0.15, 0.2) is 0 Å². The van der Waals surface area contributed by atoms with Gasteiger partial charge in [0.2, 0.25) is 5.95 Å². The van der Waals surface area contributed by atoms with E-state index in [0.29, 0.717) is 36.1 Å². The van der Waals surface area contributed by atoms with E-state index in [1.807, 2.05) is 18.7 Å². The molecule has 1 fully saturated rings. The van der Waals surface area contributed by atoms with Crippen molar-refractivity contribution in [1.82, 2.24) is 15.0 Å². The lowest BCUT2D eigenvalue weighted by atomic mass is 10.1. The van der Waals surface area contributed by atoms with Gasteiger partial charge in [-0.15, -0.1) is 0 Å². The maximum absolute atomic E-state index is 12.4. The summed E-state index contributed by atoms with van der Waals surface area (Å²) in [5.41, 5.74) is 1.40. The molecule has 32 heavy (non-hydrogen) atoms. The number of aromatic nitrogens is 3. The number of H-pyrrole nitrogens is 1. The number of rotatable bonds is 6. The number of anilines is 3. The Morgan fingerprint density at radius 3 is 2.56 bits per heavy atom. The molecule has 3 heterocycles. The van der Waals surface area contributed by atoms with Crippen LogP contribution in [0.5, 0.6) is 5.75 Å². The molecule has 3 aromatic rings. The van der Waals surface area contributed by atoms with Gasteiger partial charge in [-0.3, -0.25) is 4.79 Å². The standard InChI is InChI=1S/C22H23F2N5O3/c1-13-11-29(12-14(2)31-13)22-25-8-7-19(28-22)27-18-9-16(10-26-20(18)30)15-3-5-17(6-4-15)32-21(23)24/h3-10,13-14,21H,11-12H2,1-2H3,(H,26,30)(H,25,27,28)/t13-,14-/m1/s1. The number of morpholine rings is 1. The topological polar surface area (TPSA) is 92.4 Å². The summed E-state index contributed by atoms with van der Waals surface area (Å²) in [6.45, 7) is 2.47. The van der Waals surface area contributed by atoms with Gasteiger partial charge in [-0.05, 0) is 43.7 Å². The minimum Gasteiger partial charge on any atom is -0.435 e. The number of halogens is 2. The van der Waals surface area contributed by atoms with E-state index < -0.39 is 6.61 Å². The van der Waals surface area contributed by atoms with E-state index in [0.717, 1.165) is 5.56 Å². The lowest BCUT2D eigenvalue weighted by molar-refractivity contribution is -0.0498. The van der Waals surface area contributed by atoms with E-state index in [2.05, 4.69) is 25.0 Å². The number of aromatic amines is 1. The van der Waals surface area contributed by atoms with Crippen molar-refractivity contribution in [2.75, 3.05) is 23.3 Å². The predicted octanol–water partition coefficient (Wildman–Crippen LogP) is 3.79. The van der Waals surface area contributed by atoms with Crippen LogP contribution in [-0.2, 0) is 4.74 Å². The normalized spacial score (nSPS) is 18.6. The second kappa shape index (κ2) is 9.31. The Kier molecular flexibility index (Phi) is 6.31. The smallest absolute Gasteiger partial charge is 0.387 e. The monoisotopic (exact) mass is 443 g/mol. The Labute approximate surface area is 183 Å². The van der Waals surface area contributed by atoms with E-state index in [1.54, 1.807) is 36.7 Å². The van der Waals surface area contributed by atoms with Gasteiger partial charge >= 0.3 is 6.61 Å². The quantitative estimate of drug-likeness (QED) is 0.599. The number of pyridine rings is 1. The summed E-state index contributed by atoms with van der Waals surface area (Å²) < 4.78 is 34.8. The first-order chi connectivity index (χ1) is 15.4. The van der Waals surface area contributed by atoms with Crippen molar-refractivity contribution in [3.63, 3.8) is 0 Å². The zero-order valence-corrected chi connectivity index (χ0v) is 17.6. The molecule has 10 heteroatoms. The summed E-state index contributed by atoms with van der Waals surface area (Å²) in [6, 6.07) is 9.51. The highest BCUT2D eigenvalue weighted by atomic mass is 19.3. The molecule has 1 saturated heterocycles. The minimum absolute atomic E-state index is 0.0618. The van der Waals surface area contributed by atoms with Crippen LogP contribution in [0.4, 0.5) is 26.2 Å². The maximum atomic E-state index is 12.4. The number of hydrogen-bond donors (Lipinski definition) is 2. The number of ether oxygens (including phenoxy) is 2. The Morgan fingerprint density at radius 2 is 1.88 bits per heavy atom. The first-order valence-corrected chi connectivity index (χ1v) is 10.2. The molecular weight excluding hydrogens is 420 g/mol. The van der Waals surface area contributed by atoms with Crippen LogP contribution in [0.2, 0.25) is 0 Å². The van der Waals surface area contributed by atoms with E-state index in [9.17, 15) is 13.6 Å². The Hall–Kier alpha value is -3.53. The average Bonchev–Trinajstić information content (AvgIpc) is 2.75. The van der Waals surface area contributed by atoms with Gasteiger partial charge in [-0.1, -0.05) is 12.1 Å². The molecule has 0 spiro atoms. The lowest BCUT2D eigenvalue weighted by Gasteiger charge is -2.35. The first-order valence-electron chi connectivity index (χ1n) is 10.2. The number of nitrogens with zero attached hydrogens (tertiary/aromatic N) is 3. The molecule has 2 atom stereocenters. The van der Waals surface area contributed by atoms with Gasteiger partial charge in [0.25, 0.3) is 5.56 Å². The Morgan fingerprint density at radius 1 is 1.16 bits per heavy atom. The summed E-state index contributed by atoms with van der Waals surface area (Å²) in [6.07, 6.45) is 3.32. The van der Waals surface area contributed by atoms with Crippen LogP contribution in [-0.4, -0.2) is 46.9 Å². The van der Waals surface area contributed by atoms with Crippen LogP contribution >= 0.6 is 0 Å². The van der Waals surface area contributed by atoms with Gasteiger partial charge < -0.3 is 24.7 Å². The second-order valence-corrected chi connectivity index (χ2v) is 7.56. The van der Waals surface area contributed by atoms with Crippen molar-refractivity contribution in [2.24, 2.45) is 0 Å². The molecule has 1 aliphatic rings. The fourth-order valence-electron chi connectivity index (χ4n) is 3.62. The van der Waals surface area contributed by atoms with Crippen LogP contribution in [0.1, 0.15) is 13.8 Å². The van der Waals surface area contributed by atoms with Crippen LogP contribution < -0.4 is 20.5 Å². The molecule has 8 nitrogen and oxygen atoms in total. The van der Waals surface area contributed by atoms with Crippen LogP contribution in [0.25, 0.3) is 11.1 Å². The summed E-state index contributed by atoms with van der Waals surface area (Å²) >= 11 is 0. The van der Waals surface area contributed by atoms with Gasteiger partial charge in [0.05, 0.1) is 12.2 Å². The van der Waals surface area contributed by atoms with E-state index in [1.165, 1.54) is 12.1 Å². The summed E-state index contributed by atoms with van der Waals surface area (Å²) in [5, 5.41) is 3.05. The third kappa shape index (κ3) is 5.20. The predicted molar refractivity (Wildman–Crippen MR) is 117 cm³/mol. The highest BCUT2D eigenvalue weighted by molar-refractivity contribution is 5.69. The SMILES string of the molecule is C[C@@H]1CN(c2nccc(Nc3cc(-c4ccc(OC(F)F)cc4)c[nH]c3=O)n2)C[C@@H](C)O1. The van der Waals surface area contributed by atoms with Gasteiger partial charge in [0, 0.05) is 31.0 Å². The lowest BCUT2D eigenvalue weighted by Crippen LogP contribution is -2.46. The molecular formula is C22H23F2N5O3. The molecule has 1 aliphatic heterocycles. The van der Waals surface area contributed by atoms with Crippen LogP contribution in [0.15, 0.2) is 53.6 Å². The third-order valence-corrected chi connectivity index (χ3v) is 4.92. The Bertz CT molecular complexity index is 1110. The average molecular weight is 443 g/mol. The maximum Gasteiger partial charge on any atom is 0.387 e. The zero-order chi connectivity index (χ0) is 22.7.